The minimum atomic E-state index is -4.43. The Morgan fingerprint density at radius 3 is 2.61 bits per heavy atom. The fourth-order valence-corrected chi connectivity index (χ4v) is 6.72. The summed E-state index contributed by atoms with van der Waals surface area (Å²) in [6.45, 7) is 3.08. The van der Waals surface area contributed by atoms with E-state index in [-0.39, 0.29) is 29.5 Å². The summed E-state index contributed by atoms with van der Waals surface area (Å²) >= 11 is 1.33. The van der Waals surface area contributed by atoms with Crippen LogP contribution in [0, 0.1) is 0 Å². The van der Waals surface area contributed by atoms with Crippen molar-refractivity contribution in [1.29, 1.82) is 0 Å². The number of para-hydroxylation sites is 1. The van der Waals surface area contributed by atoms with Crippen LogP contribution < -0.4 is 14.8 Å². The molecule has 38 heavy (non-hydrogen) atoms. The van der Waals surface area contributed by atoms with Crippen LogP contribution in [0.15, 0.2) is 36.4 Å². The second kappa shape index (κ2) is 11.1. The number of alkyl halides is 3. The predicted octanol–water partition coefficient (Wildman–Crippen LogP) is 6.43. The van der Waals surface area contributed by atoms with Gasteiger partial charge in [0.1, 0.15) is 5.01 Å². The summed E-state index contributed by atoms with van der Waals surface area (Å²) < 4.78 is 52.1. The molecule has 204 valence electrons. The fraction of sp³-hybridized carbons (Fsp3) is 0.500. The number of aromatic nitrogens is 1. The molecule has 0 aliphatic carbocycles. The van der Waals surface area contributed by atoms with Crippen molar-refractivity contribution >= 4 is 27.5 Å². The predicted molar refractivity (Wildman–Crippen MR) is 141 cm³/mol. The van der Waals surface area contributed by atoms with Crippen molar-refractivity contribution in [3.63, 3.8) is 0 Å². The third-order valence-electron chi connectivity index (χ3n) is 7.44. The Morgan fingerprint density at radius 1 is 1.16 bits per heavy atom. The van der Waals surface area contributed by atoms with Crippen LogP contribution in [0.5, 0.6) is 11.5 Å². The zero-order chi connectivity index (χ0) is 26.9. The number of carbonyl (C=O) groups excluding carboxylic acids is 1. The summed E-state index contributed by atoms with van der Waals surface area (Å²) in [5, 5.41) is 3.92. The molecule has 3 heterocycles. The molecule has 10 heteroatoms. The number of nitrogens with zero attached hydrogens (tertiary/aromatic N) is 2. The number of hydrogen-bond acceptors (Lipinski definition) is 6. The van der Waals surface area contributed by atoms with Gasteiger partial charge < -0.3 is 14.8 Å². The largest absolute Gasteiger partial charge is 0.493 e. The SMILES string of the molecule is CCCOc1cc(C(=O)NC2CC3CCCC(C2)N3Cc2nc3c(C(F)(F)F)cccc3s2)ccc1OC. The van der Waals surface area contributed by atoms with E-state index in [4.69, 9.17) is 9.47 Å². The van der Waals surface area contributed by atoms with Crippen LogP contribution in [0.3, 0.4) is 0 Å². The van der Waals surface area contributed by atoms with E-state index in [1.54, 1.807) is 31.4 Å². The highest BCUT2D eigenvalue weighted by atomic mass is 32.1. The Morgan fingerprint density at radius 2 is 1.92 bits per heavy atom. The molecule has 1 aromatic heterocycles. The number of thiazole rings is 1. The summed E-state index contributed by atoms with van der Waals surface area (Å²) in [6.07, 6.45) is 1.14. The van der Waals surface area contributed by atoms with Gasteiger partial charge in [0.2, 0.25) is 0 Å². The van der Waals surface area contributed by atoms with Gasteiger partial charge in [-0.05, 0) is 62.4 Å². The molecule has 2 aliphatic rings. The molecule has 2 atom stereocenters. The van der Waals surface area contributed by atoms with E-state index in [1.165, 1.54) is 17.4 Å². The standard InChI is InChI=1S/C28H32F3N3O3S/c1-3-12-37-23-13-17(10-11-22(23)36-2)27(35)32-18-14-19-6-4-7-20(15-18)34(19)16-25-33-26-21(28(29,30)31)8-5-9-24(26)38-25/h5,8-11,13,18-20H,3-4,6-7,12,14-16H2,1-2H3,(H,32,35). The van der Waals surface area contributed by atoms with Gasteiger partial charge >= 0.3 is 6.18 Å². The van der Waals surface area contributed by atoms with Gasteiger partial charge in [0.25, 0.3) is 5.91 Å². The zero-order valence-electron chi connectivity index (χ0n) is 21.5. The van der Waals surface area contributed by atoms with Crippen LogP contribution in [0.25, 0.3) is 10.2 Å². The lowest BCUT2D eigenvalue weighted by Crippen LogP contribution is -2.56. The summed E-state index contributed by atoms with van der Waals surface area (Å²) in [4.78, 5) is 19.9. The third kappa shape index (κ3) is 5.61. The quantitative estimate of drug-likeness (QED) is 0.352. The van der Waals surface area contributed by atoms with E-state index in [0.29, 0.717) is 39.9 Å². The molecule has 5 rings (SSSR count). The maximum Gasteiger partial charge on any atom is 0.418 e. The van der Waals surface area contributed by atoms with Gasteiger partial charge in [-0.25, -0.2) is 4.98 Å². The number of halogens is 3. The molecule has 3 aromatic rings. The molecule has 0 saturated carbocycles. The lowest BCUT2D eigenvalue weighted by atomic mass is 9.81. The van der Waals surface area contributed by atoms with Crippen LogP contribution >= 0.6 is 11.3 Å². The van der Waals surface area contributed by atoms with Crippen molar-refractivity contribution in [3.8, 4) is 11.5 Å². The zero-order valence-corrected chi connectivity index (χ0v) is 22.3. The van der Waals surface area contributed by atoms with Gasteiger partial charge in [-0.2, -0.15) is 13.2 Å². The second-order valence-electron chi connectivity index (χ2n) is 10.0. The van der Waals surface area contributed by atoms with Crippen LogP contribution in [0.2, 0.25) is 0 Å². The van der Waals surface area contributed by atoms with Gasteiger partial charge in [-0.1, -0.05) is 19.4 Å². The minimum Gasteiger partial charge on any atom is -0.493 e. The molecule has 0 radical (unpaired) electrons. The summed E-state index contributed by atoms with van der Waals surface area (Å²) in [6, 6.07) is 9.98. The van der Waals surface area contributed by atoms with Crippen molar-refractivity contribution in [1.82, 2.24) is 15.2 Å². The van der Waals surface area contributed by atoms with E-state index in [1.807, 2.05) is 6.92 Å². The Labute approximate surface area is 224 Å². The normalized spacial score (nSPS) is 21.9. The molecule has 2 fully saturated rings. The van der Waals surface area contributed by atoms with E-state index in [9.17, 15) is 18.0 Å². The number of amides is 1. The van der Waals surface area contributed by atoms with Crippen molar-refractivity contribution in [3.05, 3.63) is 52.5 Å². The average Bonchev–Trinajstić information content (AvgIpc) is 3.29. The van der Waals surface area contributed by atoms with Gasteiger partial charge in [-0.15, -0.1) is 11.3 Å². The molecule has 6 nitrogen and oxygen atoms in total. The number of methoxy groups -OCH3 is 1. The number of benzene rings is 2. The van der Waals surface area contributed by atoms with Gasteiger partial charge in [0.05, 0.1) is 36.0 Å². The first-order valence-corrected chi connectivity index (χ1v) is 13.9. The maximum atomic E-state index is 13.5. The number of ether oxygens (including phenoxy) is 2. The first kappa shape index (κ1) is 26.7. The molecule has 0 spiro atoms. The molecule has 1 N–H and O–H groups in total. The maximum absolute atomic E-state index is 13.5. The van der Waals surface area contributed by atoms with E-state index < -0.39 is 11.7 Å². The smallest absolute Gasteiger partial charge is 0.418 e. The van der Waals surface area contributed by atoms with E-state index in [0.717, 1.165) is 44.6 Å². The second-order valence-corrected chi connectivity index (χ2v) is 11.1. The lowest BCUT2D eigenvalue weighted by Gasteiger charge is -2.48. The van der Waals surface area contributed by atoms with Crippen LogP contribution in [-0.4, -0.2) is 47.6 Å². The average molecular weight is 548 g/mol. The Bertz CT molecular complexity index is 1280. The van der Waals surface area contributed by atoms with Crippen LogP contribution in [0.4, 0.5) is 13.2 Å². The van der Waals surface area contributed by atoms with Gasteiger partial charge in [0, 0.05) is 23.7 Å². The van der Waals surface area contributed by atoms with Gasteiger partial charge in [0.15, 0.2) is 11.5 Å². The van der Waals surface area contributed by atoms with Crippen LogP contribution in [0.1, 0.15) is 66.4 Å². The van der Waals surface area contributed by atoms with Crippen molar-refractivity contribution in [2.75, 3.05) is 13.7 Å². The van der Waals surface area contributed by atoms with Gasteiger partial charge in [-0.3, -0.25) is 9.69 Å². The summed E-state index contributed by atoms with van der Waals surface area (Å²) in [5.74, 6) is 1.00. The highest BCUT2D eigenvalue weighted by Gasteiger charge is 2.39. The molecule has 2 saturated heterocycles. The lowest BCUT2D eigenvalue weighted by molar-refractivity contribution is -0.136. The van der Waals surface area contributed by atoms with E-state index in [2.05, 4.69) is 15.2 Å². The molecular formula is C28H32F3N3O3S. The monoisotopic (exact) mass is 547 g/mol. The number of nitrogens with one attached hydrogen (secondary N) is 1. The topological polar surface area (TPSA) is 63.7 Å². The molecule has 1 amide bonds. The highest BCUT2D eigenvalue weighted by Crippen LogP contribution is 2.39. The first-order chi connectivity index (χ1) is 18.3. The van der Waals surface area contributed by atoms with E-state index >= 15 is 0 Å². The van der Waals surface area contributed by atoms with Crippen molar-refractivity contribution in [2.45, 2.75) is 76.3 Å². The van der Waals surface area contributed by atoms with Crippen LogP contribution in [-0.2, 0) is 12.7 Å². The molecule has 2 aromatic carbocycles. The highest BCUT2D eigenvalue weighted by molar-refractivity contribution is 7.18. The Balaban J connectivity index is 1.27. The Hall–Kier alpha value is -2.85. The third-order valence-corrected chi connectivity index (χ3v) is 8.44. The summed E-state index contributed by atoms with van der Waals surface area (Å²) in [7, 11) is 1.57. The number of rotatable bonds is 8. The summed E-state index contributed by atoms with van der Waals surface area (Å²) in [5.41, 5.74) is -0.116. The molecule has 2 bridgehead atoms. The minimum absolute atomic E-state index is 0.0309. The van der Waals surface area contributed by atoms with Crippen molar-refractivity contribution < 1.29 is 27.4 Å². The fourth-order valence-electron chi connectivity index (χ4n) is 5.71. The molecular weight excluding hydrogens is 515 g/mol. The number of piperidine rings is 2. The first-order valence-electron chi connectivity index (χ1n) is 13.1. The number of fused-ring (bicyclic) bond motifs is 3. The van der Waals surface area contributed by atoms with Crippen molar-refractivity contribution in [2.24, 2.45) is 0 Å². The number of hydrogen-bond donors (Lipinski definition) is 1. The molecule has 2 aliphatic heterocycles. The Kier molecular flexibility index (Phi) is 7.81. The number of carbonyl (C=O) groups is 1. The molecule has 2 unspecified atom stereocenters.